The summed E-state index contributed by atoms with van der Waals surface area (Å²) in [6.07, 6.45) is 0.984. The van der Waals surface area contributed by atoms with E-state index < -0.39 is 5.41 Å². The van der Waals surface area contributed by atoms with Gasteiger partial charge in [0.15, 0.2) is 5.78 Å². The fraction of sp³-hybridized carbons (Fsp3) is 0.842. The van der Waals surface area contributed by atoms with Gasteiger partial charge in [0.05, 0.1) is 13.2 Å². The number of ether oxygens (including phenoxy) is 2. The molecule has 0 atom stereocenters. The zero-order valence-corrected chi connectivity index (χ0v) is 17.2. The summed E-state index contributed by atoms with van der Waals surface area (Å²) < 4.78 is 10.6. The second kappa shape index (κ2) is 12.0. The third kappa shape index (κ3) is 12.8. The normalized spacial score (nSPS) is 11.9. The summed E-state index contributed by atoms with van der Waals surface area (Å²) in [5.74, 6) is -0.0370. The van der Waals surface area contributed by atoms with Crippen LogP contribution in [0.2, 0.25) is 0 Å². The van der Waals surface area contributed by atoms with E-state index in [0.717, 1.165) is 0 Å². The molecule has 0 aromatic heterocycles. The maximum absolute atomic E-state index is 11.6. The summed E-state index contributed by atoms with van der Waals surface area (Å²) in [7, 11) is 0. The minimum absolute atomic E-state index is 0.0356. The van der Waals surface area contributed by atoms with Crippen molar-refractivity contribution in [1.29, 1.82) is 0 Å². The Labute approximate surface area is 157 Å². The predicted molar refractivity (Wildman–Crippen MR) is 101 cm³/mol. The topological polar surface area (TPSA) is 93.7 Å². The molecule has 0 aliphatic heterocycles. The number of Topliss-reactive ketones (excluding diaryl/α,β-unsaturated/α-hetero) is 1. The van der Waals surface area contributed by atoms with Gasteiger partial charge in [-0.25, -0.2) is 0 Å². The second-order valence-corrected chi connectivity index (χ2v) is 8.30. The third-order valence-electron chi connectivity index (χ3n) is 3.55. The van der Waals surface area contributed by atoms with Crippen molar-refractivity contribution in [3.05, 3.63) is 0 Å². The monoisotopic (exact) mass is 372 g/mol. The lowest BCUT2D eigenvalue weighted by molar-refractivity contribution is -0.131. The molecule has 0 aromatic carbocycles. The van der Waals surface area contributed by atoms with Gasteiger partial charge in [0.1, 0.15) is 6.61 Å². The zero-order valence-electron chi connectivity index (χ0n) is 17.2. The second-order valence-electron chi connectivity index (χ2n) is 8.30. The molecule has 2 N–H and O–H groups in total. The van der Waals surface area contributed by atoms with Crippen LogP contribution in [-0.2, 0) is 23.9 Å². The molecule has 7 nitrogen and oxygen atoms in total. The Balaban J connectivity index is 3.50. The zero-order chi connectivity index (χ0) is 20.2. The van der Waals surface area contributed by atoms with E-state index >= 15 is 0 Å². The fourth-order valence-corrected chi connectivity index (χ4v) is 1.67. The largest absolute Gasteiger partial charge is 0.379 e. The highest BCUT2D eigenvalue weighted by Gasteiger charge is 2.21. The molecule has 0 radical (unpaired) electrons. The van der Waals surface area contributed by atoms with Crippen LogP contribution in [0.1, 0.15) is 54.4 Å². The van der Waals surface area contributed by atoms with E-state index in [0.29, 0.717) is 45.8 Å². The molecule has 7 heteroatoms. The maximum Gasteiger partial charge on any atom is 0.225 e. The van der Waals surface area contributed by atoms with Crippen LogP contribution in [0.4, 0.5) is 0 Å². The van der Waals surface area contributed by atoms with Crippen LogP contribution in [0.3, 0.4) is 0 Å². The summed E-state index contributed by atoms with van der Waals surface area (Å²) in [6, 6.07) is 0. The Kier molecular flexibility index (Phi) is 11.3. The van der Waals surface area contributed by atoms with Gasteiger partial charge < -0.3 is 20.1 Å². The molecular weight excluding hydrogens is 336 g/mol. The van der Waals surface area contributed by atoms with Crippen molar-refractivity contribution in [2.75, 3.05) is 39.5 Å². The fourth-order valence-electron chi connectivity index (χ4n) is 1.67. The molecular formula is C19H36N2O5. The Bertz CT molecular complexity index is 450. The highest BCUT2D eigenvalue weighted by atomic mass is 16.5. The number of carbonyl (C=O) groups excluding carboxylic acids is 3. The molecule has 0 aliphatic carbocycles. The number of ketones is 1. The van der Waals surface area contributed by atoms with Crippen molar-refractivity contribution in [2.45, 2.75) is 54.4 Å². The van der Waals surface area contributed by atoms with Crippen LogP contribution in [0, 0.1) is 10.8 Å². The molecule has 26 heavy (non-hydrogen) atoms. The highest BCUT2D eigenvalue weighted by Crippen LogP contribution is 2.14. The van der Waals surface area contributed by atoms with Gasteiger partial charge in [0.25, 0.3) is 0 Å². The summed E-state index contributed by atoms with van der Waals surface area (Å²) in [6.45, 7) is 13.3. The van der Waals surface area contributed by atoms with Gasteiger partial charge in [0, 0.05) is 36.9 Å². The van der Waals surface area contributed by atoms with E-state index in [9.17, 15) is 14.4 Å². The van der Waals surface area contributed by atoms with Gasteiger partial charge in [0.2, 0.25) is 11.8 Å². The Morgan fingerprint density at radius 3 is 1.92 bits per heavy atom. The number of hydrogen-bond acceptors (Lipinski definition) is 5. The van der Waals surface area contributed by atoms with E-state index in [1.807, 2.05) is 41.5 Å². The van der Waals surface area contributed by atoms with Gasteiger partial charge in [-0.15, -0.1) is 0 Å². The molecule has 0 saturated carbocycles. The van der Waals surface area contributed by atoms with Crippen LogP contribution in [0.15, 0.2) is 0 Å². The van der Waals surface area contributed by atoms with Gasteiger partial charge >= 0.3 is 0 Å². The van der Waals surface area contributed by atoms with Crippen molar-refractivity contribution in [1.82, 2.24) is 10.6 Å². The molecule has 0 saturated heterocycles. The first-order chi connectivity index (χ1) is 11.9. The SMILES string of the molecule is CC(C)(C)C(=O)COCCOCCCC(=O)NCCNC(=O)C(C)(C)C. The van der Waals surface area contributed by atoms with Gasteiger partial charge in [-0.05, 0) is 6.42 Å². The third-order valence-corrected chi connectivity index (χ3v) is 3.55. The Hall–Kier alpha value is -1.47. The predicted octanol–water partition coefficient (Wildman–Crippen LogP) is 1.69. The van der Waals surface area contributed by atoms with Crippen molar-refractivity contribution < 1.29 is 23.9 Å². The lowest BCUT2D eigenvalue weighted by atomic mass is 9.91. The highest BCUT2D eigenvalue weighted by molar-refractivity contribution is 5.84. The standard InChI is InChI=1S/C19H36N2O5/c1-18(2,3)15(22)14-26-13-12-25-11-7-8-16(23)20-9-10-21-17(24)19(4,5)6/h7-14H2,1-6H3,(H,20,23)(H,21,24). The first kappa shape index (κ1) is 24.5. The number of carbonyl (C=O) groups is 3. The summed E-state index contributed by atoms with van der Waals surface area (Å²) in [5.41, 5.74) is -0.811. The molecule has 0 aliphatic rings. The van der Waals surface area contributed by atoms with Crippen molar-refractivity contribution in [3.8, 4) is 0 Å². The molecule has 0 rings (SSSR count). The lowest BCUT2D eigenvalue weighted by Crippen LogP contribution is -2.39. The average Bonchev–Trinajstić information content (AvgIpc) is 2.51. The van der Waals surface area contributed by atoms with E-state index in [2.05, 4.69) is 10.6 Å². The summed E-state index contributed by atoms with van der Waals surface area (Å²) in [5, 5.41) is 5.53. The lowest BCUT2D eigenvalue weighted by Gasteiger charge is -2.17. The van der Waals surface area contributed by atoms with Crippen molar-refractivity contribution >= 4 is 17.6 Å². The number of amides is 2. The van der Waals surface area contributed by atoms with Gasteiger partial charge in [-0.3, -0.25) is 14.4 Å². The van der Waals surface area contributed by atoms with Gasteiger partial charge in [-0.2, -0.15) is 0 Å². The molecule has 0 aromatic rings. The quantitative estimate of drug-likeness (QED) is 0.509. The number of rotatable bonds is 12. The Morgan fingerprint density at radius 1 is 0.769 bits per heavy atom. The first-order valence-corrected chi connectivity index (χ1v) is 9.18. The van der Waals surface area contributed by atoms with Crippen LogP contribution >= 0.6 is 0 Å². The number of hydrogen-bond donors (Lipinski definition) is 2. The first-order valence-electron chi connectivity index (χ1n) is 9.18. The molecule has 2 amide bonds. The van der Waals surface area contributed by atoms with Crippen molar-refractivity contribution in [3.63, 3.8) is 0 Å². The number of nitrogens with one attached hydrogen (secondary N) is 2. The van der Waals surface area contributed by atoms with Crippen LogP contribution in [0.25, 0.3) is 0 Å². The smallest absolute Gasteiger partial charge is 0.225 e. The minimum Gasteiger partial charge on any atom is -0.379 e. The van der Waals surface area contributed by atoms with Gasteiger partial charge in [-0.1, -0.05) is 41.5 Å². The summed E-state index contributed by atoms with van der Waals surface area (Å²) in [4.78, 5) is 34.9. The molecule has 0 fully saturated rings. The minimum atomic E-state index is -0.426. The molecule has 0 bridgehead atoms. The van der Waals surface area contributed by atoms with Crippen molar-refractivity contribution in [2.24, 2.45) is 10.8 Å². The van der Waals surface area contributed by atoms with E-state index in [-0.39, 0.29) is 29.6 Å². The molecule has 0 unspecified atom stereocenters. The van der Waals surface area contributed by atoms with Crippen LogP contribution in [-0.4, -0.2) is 57.1 Å². The summed E-state index contributed by atoms with van der Waals surface area (Å²) >= 11 is 0. The van der Waals surface area contributed by atoms with E-state index in [1.54, 1.807) is 0 Å². The van der Waals surface area contributed by atoms with Crippen LogP contribution < -0.4 is 10.6 Å². The van der Waals surface area contributed by atoms with E-state index in [1.165, 1.54) is 0 Å². The molecule has 0 heterocycles. The van der Waals surface area contributed by atoms with E-state index in [4.69, 9.17) is 9.47 Å². The average molecular weight is 373 g/mol. The Morgan fingerprint density at radius 2 is 1.35 bits per heavy atom. The molecule has 0 spiro atoms. The van der Waals surface area contributed by atoms with Crippen LogP contribution in [0.5, 0.6) is 0 Å². The maximum atomic E-state index is 11.6. The molecule has 152 valence electrons.